The van der Waals surface area contributed by atoms with Crippen molar-refractivity contribution in [3.8, 4) is 12.1 Å². The van der Waals surface area contributed by atoms with Gasteiger partial charge >= 0.3 is 12.3 Å². The van der Waals surface area contributed by atoms with Gasteiger partial charge in [0.05, 0.1) is 45.0 Å². The van der Waals surface area contributed by atoms with Gasteiger partial charge in [-0.2, -0.15) is 33.9 Å². The number of anilines is 2. The number of nitrogens with two attached hydrogens (primary N) is 1. The van der Waals surface area contributed by atoms with Gasteiger partial charge < -0.3 is 21.1 Å². The van der Waals surface area contributed by atoms with E-state index < -0.39 is 55.6 Å². The molecule has 0 spiro atoms. The van der Waals surface area contributed by atoms with Crippen molar-refractivity contribution in [2.45, 2.75) is 110 Å². The number of aromatic nitrogens is 8. The number of sulfone groups is 2. The number of carbonyl (C=O) groups excluding carboxylic acids is 4. The van der Waals surface area contributed by atoms with Crippen LogP contribution < -0.4 is 21.7 Å². The molecule has 0 aliphatic carbocycles. The van der Waals surface area contributed by atoms with Gasteiger partial charge in [0.1, 0.15) is 29.4 Å². The van der Waals surface area contributed by atoms with Crippen LogP contribution in [0.25, 0.3) is 21.8 Å². The molecule has 0 radical (unpaired) electrons. The SMILES string of the molecule is Cc1cnc2c(S(C)(=O)=O)cc(Cn3cc(C(=O)NCc4c(C)cc(N)nc4C)c(C#N)n3)cc2c1.Cc1cnc2c(S(C)(=O)=O)cc(Cn3cc(C(=O)NCc4c(C)cc(NC(=O)OC(C)(C)C)nc4C)c(C#N)n3)cc2c1.O=CC(F)(F)F. The number of pyridine rings is 4. The number of aryl methyl sites for hydroxylation is 6. The van der Waals surface area contributed by atoms with Crippen molar-refractivity contribution in [3.05, 3.63) is 152 Å². The van der Waals surface area contributed by atoms with Crippen LogP contribution in [-0.4, -0.2) is 105 Å². The van der Waals surface area contributed by atoms with Gasteiger partial charge in [-0.25, -0.2) is 31.6 Å². The zero-order valence-electron chi connectivity index (χ0n) is 48.0. The highest BCUT2D eigenvalue weighted by Crippen LogP contribution is 2.28. The van der Waals surface area contributed by atoms with Crippen LogP contribution in [0.15, 0.2) is 83.1 Å². The Balaban J connectivity index is 0.000000251. The monoisotopic (exact) mass is 1200 g/mol. The van der Waals surface area contributed by atoms with Crippen molar-refractivity contribution in [2.24, 2.45) is 0 Å². The van der Waals surface area contributed by atoms with Crippen molar-refractivity contribution in [2.75, 3.05) is 23.6 Å². The van der Waals surface area contributed by atoms with Crippen LogP contribution in [0.3, 0.4) is 0 Å². The fourth-order valence-corrected chi connectivity index (χ4v) is 10.5. The lowest BCUT2D eigenvalue weighted by molar-refractivity contribution is -0.156. The van der Waals surface area contributed by atoms with Crippen molar-refractivity contribution >= 4 is 77.3 Å². The minimum Gasteiger partial charge on any atom is -0.444 e. The number of fused-ring (bicyclic) bond motifs is 2. The lowest BCUT2D eigenvalue weighted by Crippen LogP contribution is -2.28. The van der Waals surface area contributed by atoms with Gasteiger partial charge in [-0.05, 0) is 155 Å². The molecule has 6 aromatic heterocycles. The maximum Gasteiger partial charge on any atom is 0.446 e. The number of amides is 3. The number of ether oxygens (including phenoxy) is 1. The first-order valence-electron chi connectivity index (χ1n) is 25.5. The van der Waals surface area contributed by atoms with E-state index >= 15 is 0 Å². The molecule has 2 aromatic carbocycles. The molecular weight excluding hydrogens is 1150 g/mol. The standard InChI is InChI=1S/C30H33N7O5S.C25H25N7O3S.C2HF3O/c1-17-8-21-10-20(11-25(43(7,40)41)27(21)32-13-17)15-37-16-23(24(12-31)36-37)28(38)33-14-22-18(2)9-26(34-19(22)3)35-29(39)42-30(4,5)6;1-14-5-18-7-17(8-22(36(4,34)35)24(18)28-10-14)12-32-13-20(21(9-26)31-32)25(33)29-11-19-15(2)6-23(27)30-16(19)3;3-2(4,5)1-6/h8-11,13,16H,14-15H2,1-7H3,(H,33,38)(H,34,35,39);5-8,10,13H,11-12H2,1-4H3,(H2,27,30)(H,29,33);1H. The minimum atomic E-state index is -4.64. The smallest absolute Gasteiger partial charge is 0.444 e. The number of aldehydes is 1. The van der Waals surface area contributed by atoms with Gasteiger partial charge in [0.25, 0.3) is 11.8 Å². The molecule has 8 rings (SSSR count). The molecule has 0 fully saturated rings. The molecule has 5 N–H and O–H groups in total. The summed E-state index contributed by atoms with van der Waals surface area (Å²) in [4.78, 5) is 64.3. The second-order valence-corrected chi connectivity index (χ2v) is 24.7. The van der Waals surface area contributed by atoms with E-state index in [0.717, 1.165) is 45.9 Å². The lowest BCUT2D eigenvalue weighted by atomic mass is 10.1. The van der Waals surface area contributed by atoms with Gasteiger partial charge in [0, 0.05) is 72.5 Å². The number of nitrogens with zero attached hydrogens (tertiary/aromatic N) is 10. The molecule has 0 unspecified atom stereocenters. The van der Waals surface area contributed by atoms with E-state index in [9.17, 15) is 54.9 Å². The normalized spacial score (nSPS) is 11.5. The Morgan fingerprint density at radius 2 is 1.08 bits per heavy atom. The van der Waals surface area contributed by atoms with Gasteiger partial charge in [0.15, 0.2) is 31.1 Å². The summed E-state index contributed by atoms with van der Waals surface area (Å²) < 4.78 is 89.2. The van der Waals surface area contributed by atoms with Crippen molar-refractivity contribution in [1.82, 2.24) is 50.1 Å². The van der Waals surface area contributed by atoms with E-state index in [0.29, 0.717) is 56.0 Å². The summed E-state index contributed by atoms with van der Waals surface area (Å²) in [5.41, 5.74) is 13.6. The summed E-state index contributed by atoms with van der Waals surface area (Å²) in [6, 6.07) is 17.8. The molecule has 85 heavy (non-hydrogen) atoms. The molecule has 0 aliphatic heterocycles. The summed E-state index contributed by atoms with van der Waals surface area (Å²) in [5, 5.41) is 37.3. The van der Waals surface area contributed by atoms with Gasteiger partial charge in [-0.15, -0.1) is 0 Å². The van der Waals surface area contributed by atoms with Crippen LogP contribution in [0, 0.1) is 64.2 Å². The molecule has 0 bridgehead atoms. The molecule has 6 heterocycles. The maximum absolute atomic E-state index is 13.1. The molecule has 23 nitrogen and oxygen atoms in total. The maximum atomic E-state index is 13.1. The number of nitriles is 2. The van der Waals surface area contributed by atoms with Crippen molar-refractivity contribution in [3.63, 3.8) is 0 Å². The van der Waals surface area contributed by atoms with Crippen molar-refractivity contribution < 1.29 is 53.9 Å². The topological polar surface area (TPSA) is 343 Å². The molecular formula is C57H59F3N14O9S2. The quantitative estimate of drug-likeness (QED) is 0.0804. The minimum absolute atomic E-state index is 0.0296. The molecule has 0 saturated carbocycles. The van der Waals surface area contributed by atoms with Crippen LogP contribution in [-0.2, 0) is 55.4 Å². The highest BCUT2D eigenvalue weighted by atomic mass is 32.2. The molecule has 0 atom stereocenters. The number of hydrogen-bond acceptors (Lipinski definition) is 18. The summed E-state index contributed by atoms with van der Waals surface area (Å²) in [6.45, 7) is 17.0. The van der Waals surface area contributed by atoms with Crippen LogP contribution in [0.5, 0.6) is 0 Å². The van der Waals surface area contributed by atoms with Gasteiger partial charge in [-0.1, -0.05) is 0 Å². The Kier molecular flexibility index (Phi) is 19.6. The molecule has 444 valence electrons. The largest absolute Gasteiger partial charge is 0.446 e. The van der Waals surface area contributed by atoms with Crippen LogP contribution in [0.4, 0.5) is 29.6 Å². The molecule has 0 aliphatic rings. The number of hydrogen-bond donors (Lipinski definition) is 4. The third kappa shape index (κ3) is 17.2. The Morgan fingerprint density at radius 1 is 0.671 bits per heavy atom. The number of carbonyl (C=O) groups is 4. The highest BCUT2D eigenvalue weighted by Gasteiger charge is 2.26. The number of alkyl halides is 3. The van der Waals surface area contributed by atoms with Crippen LogP contribution >= 0.6 is 0 Å². The Labute approximate surface area is 487 Å². The van der Waals surface area contributed by atoms with E-state index in [1.807, 2.05) is 71.0 Å². The Morgan fingerprint density at radius 3 is 1.45 bits per heavy atom. The average molecular weight is 1210 g/mol. The summed E-state index contributed by atoms with van der Waals surface area (Å²) >= 11 is 0. The predicted octanol–water partition coefficient (Wildman–Crippen LogP) is 7.69. The van der Waals surface area contributed by atoms with E-state index in [4.69, 9.17) is 15.3 Å². The fraction of sp³-hybridized carbons (Fsp3) is 0.298. The first-order chi connectivity index (χ1) is 39.6. The second kappa shape index (κ2) is 25.9. The highest BCUT2D eigenvalue weighted by molar-refractivity contribution is 7.91. The van der Waals surface area contributed by atoms with E-state index in [1.165, 1.54) is 27.8 Å². The van der Waals surface area contributed by atoms with E-state index in [2.05, 4.69) is 46.1 Å². The Bertz CT molecular complexity index is 4230. The first kappa shape index (κ1) is 64.5. The van der Waals surface area contributed by atoms with Crippen LogP contribution in [0.1, 0.15) is 109 Å². The van der Waals surface area contributed by atoms with E-state index in [-0.39, 0.29) is 58.5 Å². The molecule has 28 heteroatoms. The van der Waals surface area contributed by atoms with Crippen LogP contribution in [0.2, 0.25) is 0 Å². The van der Waals surface area contributed by atoms with Gasteiger partial charge in [0.2, 0.25) is 6.29 Å². The fourth-order valence-electron chi connectivity index (χ4n) is 8.68. The number of rotatable bonds is 13. The summed E-state index contributed by atoms with van der Waals surface area (Å²) in [5.74, 6) is -0.228. The third-order valence-electron chi connectivity index (χ3n) is 12.3. The molecule has 3 amide bonds. The summed E-state index contributed by atoms with van der Waals surface area (Å²) in [7, 11) is -7.12. The number of halogens is 3. The summed E-state index contributed by atoms with van der Waals surface area (Å²) in [6.07, 6.45) is 2.11. The lowest BCUT2D eigenvalue weighted by Gasteiger charge is -2.20. The predicted molar refractivity (Wildman–Crippen MR) is 307 cm³/mol. The van der Waals surface area contributed by atoms with E-state index in [1.54, 1.807) is 58.3 Å². The van der Waals surface area contributed by atoms with Gasteiger partial charge in [-0.3, -0.25) is 39.0 Å². The zero-order valence-corrected chi connectivity index (χ0v) is 49.6. The molecule has 0 saturated heterocycles. The third-order valence-corrected chi connectivity index (χ3v) is 14.6. The van der Waals surface area contributed by atoms with Crippen molar-refractivity contribution in [1.29, 1.82) is 10.5 Å². The average Bonchev–Trinajstić information content (AvgIpc) is 1.54. The second-order valence-electron chi connectivity index (χ2n) is 20.8. The number of nitrogens with one attached hydrogen (secondary N) is 3. The number of nitrogen functional groups attached to an aromatic ring is 1. The zero-order chi connectivity index (χ0) is 63.1. The Hall–Kier alpha value is -9.67. The molecule has 8 aromatic rings. The first-order valence-corrected chi connectivity index (χ1v) is 29.3. The number of benzene rings is 2.